The van der Waals surface area contributed by atoms with Crippen molar-refractivity contribution >= 4 is 0 Å². The monoisotopic (exact) mass is 255 g/mol. The normalized spacial score (nSPS) is 12.1. The molecule has 1 atom stereocenters. The Labute approximate surface area is 115 Å². The maximum Gasteiger partial charge on any atom is 0.119 e. The third-order valence-corrected chi connectivity index (χ3v) is 3.07. The van der Waals surface area contributed by atoms with Crippen LogP contribution < -0.4 is 10.1 Å². The maximum atomic E-state index is 5.49. The Kier molecular flexibility index (Phi) is 4.99. The Morgan fingerprint density at radius 2 is 1.53 bits per heavy atom. The predicted molar refractivity (Wildman–Crippen MR) is 79.6 cm³/mol. The first-order valence-electron chi connectivity index (χ1n) is 6.86. The van der Waals surface area contributed by atoms with Crippen molar-refractivity contribution in [2.75, 3.05) is 13.2 Å². The molecule has 100 valence electrons. The van der Waals surface area contributed by atoms with E-state index in [0.29, 0.717) is 6.61 Å². The molecule has 2 nitrogen and oxygen atoms in total. The molecule has 0 spiro atoms. The van der Waals surface area contributed by atoms with E-state index in [1.807, 2.05) is 25.1 Å². The minimum atomic E-state index is 0.238. The van der Waals surface area contributed by atoms with E-state index in [9.17, 15) is 0 Å². The summed E-state index contributed by atoms with van der Waals surface area (Å²) in [5.41, 5.74) is 2.55. The second-order valence-electron chi connectivity index (χ2n) is 4.40. The Hall–Kier alpha value is -1.80. The summed E-state index contributed by atoms with van der Waals surface area (Å²) < 4.78 is 5.49. The van der Waals surface area contributed by atoms with Gasteiger partial charge in [0.25, 0.3) is 0 Å². The highest BCUT2D eigenvalue weighted by molar-refractivity contribution is 5.35. The molecular weight excluding hydrogens is 234 g/mol. The van der Waals surface area contributed by atoms with Crippen LogP contribution in [0.2, 0.25) is 0 Å². The first-order valence-corrected chi connectivity index (χ1v) is 6.86. The molecule has 2 rings (SSSR count). The van der Waals surface area contributed by atoms with Crippen molar-refractivity contribution in [3.8, 4) is 5.75 Å². The zero-order chi connectivity index (χ0) is 13.5. The molecular formula is C17H21NO. The fraction of sp³-hybridized carbons (Fsp3) is 0.294. The van der Waals surface area contributed by atoms with E-state index >= 15 is 0 Å². The Morgan fingerprint density at radius 3 is 2.11 bits per heavy atom. The van der Waals surface area contributed by atoms with E-state index in [2.05, 4.69) is 48.6 Å². The fourth-order valence-corrected chi connectivity index (χ4v) is 2.20. The van der Waals surface area contributed by atoms with Crippen molar-refractivity contribution < 1.29 is 4.74 Å². The Morgan fingerprint density at radius 1 is 0.895 bits per heavy atom. The van der Waals surface area contributed by atoms with Crippen LogP contribution in [0, 0.1) is 0 Å². The highest BCUT2D eigenvalue weighted by Gasteiger charge is 2.12. The SMILES string of the molecule is CCNC(c1ccccc1)c1ccc(OCC)cc1. The quantitative estimate of drug-likeness (QED) is 0.848. The molecule has 0 bridgehead atoms. The van der Waals surface area contributed by atoms with Crippen LogP contribution in [0.1, 0.15) is 31.0 Å². The van der Waals surface area contributed by atoms with Gasteiger partial charge >= 0.3 is 0 Å². The first-order chi connectivity index (χ1) is 9.35. The van der Waals surface area contributed by atoms with Gasteiger partial charge in [0.2, 0.25) is 0 Å². The van der Waals surface area contributed by atoms with E-state index in [4.69, 9.17) is 4.74 Å². The molecule has 19 heavy (non-hydrogen) atoms. The van der Waals surface area contributed by atoms with E-state index in [1.54, 1.807) is 0 Å². The van der Waals surface area contributed by atoms with E-state index < -0.39 is 0 Å². The minimum absolute atomic E-state index is 0.238. The zero-order valence-electron chi connectivity index (χ0n) is 11.6. The van der Waals surface area contributed by atoms with Crippen LogP contribution in [0.15, 0.2) is 54.6 Å². The third-order valence-electron chi connectivity index (χ3n) is 3.07. The van der Waals surface area contributed by atoms with Crippen molar-refractivity contribution in [3.05, 3.63) is 65.7 Å². The summed E-state index contributed by atoms with van der Waals surface area (Å²) in [4.78, 5) is 0. The maximum absolute atomic E-state index is 5.49. The van der Waals surface area contributed by atoms with Gasteiger partial charge in [0.15, 0.2) is 0 Å². The van der Waals surface area contributed by atoms with Gasteiger partial charge in [-0.1, -0.05) is 49.4 Å². The van der Waals surface area contributed by atoms with Gasteiger partial charge < -0.3 is 10.1 Å². The van der Waals surface area contributed by atoms with Crippen LogP contribution in [0.3, 0.4) is 0 Å². The number of nitrogens with one attached hydrogen (secondary N) is 1. The highest BCUT2D eigenvalue weighted by Crippen LogP contribution is 2.23. The van der Waals surface area contributed by atoms with Gasteiger partial charge in [-0.25, -0.2) is 0 Å². The number of hydrogen-bond donors (Lipinski definition) is 1. The van der Waals surface area contributed by atoms with E-state index in [1.165, 1.54) is 11.1 Å². The lowest BCUT2D eigenvalue weighted by molar-refractivity contribution is 0.340. The minimum Gasteiger partial charge on any atom is -0.494 e. The van der Waals surface area contributed by atoms with E-state index in [0.717, 1.165) is 12.3 Å². The first kappa shape index (κ1) is 13.6. The smallest absolute Gasteiger partial charge is 0.119 e. The van der Waals surface area contributed by atoms with Crippen LogP contribution in [0.5, 0.6) is 5.75 Å². The van der Waals surface area contributed by atoms with Crippen molar-refractivity contribution in [1.82, 2.24) is 5.32 Å². The molecule has 0 aliphatic rings. The lowest BCUT2D eigenvalue weighted by atomic mass is 9.98. The standard InChI is InChI=1S/C17H21NO/c1-3-18-17(14-8-6-5-7-9-14)15-10-12-16(13-11-15)19-4-2/h5-13,17-18H,3-4H2,1-2H3. The largest absolute Gasteiger partial charge is 0.494 e. The lowest BCUT2D eigenvalue weighted by Crippen LogP contribution is -2.21. The molecule has 0 saturated carbocycles. The zero-order valence-corrected chi connectivity index (χ0v) is 11.6. The van der Waals surface area contributed by atoms with Gasteiger partial charge in [-0.05, 0) is 36.7 Å². The molecule has 0 aliphatic heterocycles. The summed E-state index contributed by atoms with van der Waals surface area (Å²) in [7, 11) is 0. The average molecular weight is 255 g/mol. The van der Waals surface area contributed by atoms with Gasteiger partial charge in [-0.3, -0.25) is 0 Å². The van der Waals surface area contributed by atoms with Crippen molar-refractivity contribution in [2.45, 2.75) is 19.9 Å². The van der Waals surface area contributed by atoms with Gasteiger partial charge in [0.05, 0.1) is 12.6 Å². The third kappa shape index (κ3) is 3.58. The van der Waals surface area contributed by atoms with Crippen molar-refractivity contribution in [3.63, 3.8) is 0 Å². The summed E-state index contributed by atoms with van der Waals surface area (Å²) in [5.74, 6) is 0.926. The average Bonchev–Trinajstić information content (AvgIpc) is 2.47. The van der Waals surface area contributed by atoms with Crippen LogP contribution >= 0.6 is 0 Å². The number of benzene rings is 2. The molecule has 0 aliphatic carbocycles. The topological polar surface area (TPSA) is 21.3 Å². The molecule has 0 amide bonds. The molecule has 0 fully saturated rings. The van der Waals surface area contributed by atoms with Gasteiger partial charge in [0.1, 0.15) is 5.75 Å². The Balaban J connectivity index is 2.24. The Bertz CT molecular complexity index is 478. The number of hydrogen-bond acceptors (Lipinski definition) is 2. The fourth-order valence-electron chi connectivity index (χ4n) is 2.20. The summed E-state index contributed by atoms with van der Waals surface area (Å²) in [5, 5.41) is 3.53. The second-order valence-corrected chi connectivity index (χ2v) is 4.40. The lowest BCUT2D eigenvalue weighted by Gasteiger charge is -2.19. The van der Waals surface area contributed by atoms with Gasteiger partial charge in [-0.15, -0.1) is 0 Å². The molecule has 1 unspecified atom stereocenters. The van der Waals surface area contributed by atoms with Crippen molar-refractivity contribution in [1.29, 1.82) is 0 Å². The van der Waals surface area contributed by atoms with Crippen molar-refractivity contribution in [2.24, 2.45) is 0 Å². The van der Waals surface area contributed by atoms with Crippen LogP contribution in [-0.2, 0) is 0 Å². The summed E-state index contributed by atoms with van der Waals surface area (Å²) in [6.45, 7) is 5.77. The summed E-state index contributed by atoms with van der Waals surface area (Å²) in [6, 6.07) is 19.1. The number of ether oxygens (including phenoxy) is 1. The molecule has 2 heteroatoms. The molecule has 0 heterocycles. The predicted octanol–water partition coefficient (Wildman–Crippen LogP) is 3.78. The van der Waals surface area contributed by atoms with Crippen LogP contribution in [0.25, 0.3) is 0 Å². The van der Waals surface area contributed by atoms with Gasteiger partial charge in [-0.2, -0.15) is 0 Å². The van der Waals surface area contributed by atoms with Crippen LogP contribution in [-0.4, -0.2) is 13.2 Å². The highest BCUT2D eigenvalue weighted by atomic mass is 16.5. The van der Waals surface area contributed by atoms with E-state index in [-0.39, 0.29) is 6.04 Å². The molecule has 0 aromatic heterocycles. The summed E-state index contributed by atoms with van der Waals surface area (Å²) in [6.07, 6.45) is 0. The molecule has 0 radical (unpaired) electrons. The molecule has 2 aromatic rings. The second kappa shape index (κ2) is 6.95. The van der Waals surface area contributed by atoms with Gasteiger partial charge in [0, 0.05) is 0 Å². The van der Waals surface area contributed by atoms with Crippen LogP contribution in [0.4, 0.5) is 0 Å². The number of rotatable bonds is 6. The molecule has 0 saturated heterocycles. The summed E-state index contributed by atoms with van der Waals surface area (Å²) >= 11 is 0. The molecule has 1 N–H and O–H groups in total. The molecule has 2 aromatic carbocycles.